The molecule has 0 radical (unpaired) electrons. The van der Waals surface area contributed by atoms with Gasteiger partial charge in [-0.25, -0.2) is 0 Å². The van der Waals surface area contributed by atoms with E-state index in [1.165, 1.54) is 17.0 Å². The number of halogens is 3. The van der Waals surface area contributed by atoms with Crippen molar-refractivity contribution in [1.82, 2.24) is 4.98 Å². The molecule has 23 heavy (non-hydrogen) atoms. The van der Waals surface area contributed by atoms with Crippen molar-refractivity contribution in [3.05, 3.63) is 65.5 Å². The van der Waals surface area contributed by atoms with Crippen LogP contribution in [0.2, 0.25) is 0 Å². The number of piperazine rings is 1. The van der Waals surface area contributed by atoms with Crippen LogP contribution in [0.3, 0.4) is 0 Å². The molecular weight excluding hydrogens is 303 g/mol. The summed E-state index contributed by atoms with van der Waals surface area (Å²) in [7, 11) is 0. The Balaban J connectivity index is 1.94. The second-order valence-corrected chi connectivity index (χ2v) is 5.86. The Labute approximate surface area is 133 Å². The number of alkyl halides is 3. The lowest BCUT2D eigenvalue weighted by molar-refractivity contribution is -0.967. The van der Waals surface area contributed by atoms with Crippen molar-refractivity contribution in [2.75, 3.05) is 26.2 Å². The maximum absolute atomic E-state index is 12.8. The average Bonchev–Trinajstić information content (AvgIpc) is 2.57. The van der Waals surface area contributed by atoms with E-state index in [0.717, 1.165) is 37.3 Å². The van der Waals surface area contributed by atoms with Crippen LogP contribution in [0.5, 0.6) is 0 Å². The normalized spacial score (nSPS) is 17.9. The van der Waals surface area contributed by atoms with Gasteiger partial charge in [0.1, 0.15) is 32.2 Å². The van der Waals surface area contributed by atoms with E-state index in [-0.39, 0.29) is 6.04 Å². The lowest BCUT2D eigenvalue weighted by Gasteiger charge is -2.31. The smallest absolute Gasteiger partial charge is 0.337 e. The van der Waals surface area contributed by atoms with Gasteiger partial charge in [-0.05, 0) is 24.3 Å². The van der Waals surface area contributed by atoms with E-state index in [1.54, 1.807) is 24.5 Å². The van der Waals surface area contributed by atoms with Crippen molar-refractivity contribution < 1.29 is 23.4 Å². The van der Waals surface area contributed by atoms with Crippen LogP contribution in [0.25, 0.3) is 0 Å². The third kappa shape index (κ3) is 3.71. The second kappa shape index (κ2) is 6.68. The lowest BCUT2D eigenvalue weighted by atomic mass is 9.96. The van der Waals surface area contributed by atoms with Gasteiger partial charge in [0.15, 0.2) is 0 Å². The molecule has 3 rings (SSSR count). The van der Waals surface area contributed by atoms with Crippen LogP contribution < -0.4 is 10.2 Å². The van der Waals surface area contributed by atoms with E-state index < -0.39 is 11.7 Å². The van der Waals surface area contributed by atoms with Gasteiger partial charge in [0.05, 0.1) is 5.56 Å². The van der Waals surface area contributed by atoms with E-state index in [0.29, 0.717) is 0 Å². The summed E-state index contributed by atoms with van der Waals surface area (Å²) in [6, 6.07) is 9.53. The number of pyridine rings is 1. The first kappa shape index (κ1) is 16.0. The molecule has 1 aromatic heterocycles. The maximum Gasteiger partial charge on any atom is 0.416 e. The van der Waals surface area contributed by atoms with Gasteiger partial charge in [0, 0.05) is 23.5 Å². The predicted octanol–water partition coefficient (Wildman–Crippen LogP) is 0.652. The zero-order valence-corrected chi connectivity index (χ0v) is 12.7. The zero-order chi connectivity index (χ0) is 16.3. The largest absolute Gasteiger partial charge is 0.416 e. The molecule has 0 spiro atoms. The van der Waals surface area contributed by atoms with Gasteiger partial charge in [0.2, 0.25) is 0 Å². The van der Waals surface area contributed by atoms with Gasteiger partial charge < -0.3 is 10.2 Å². The molecule has 0 aliphatic carbocycles. The van der Waals surface area contributed by atoms with Gasteiger partial charge in [-0.3, -0.25) is 4.98 Å². The molecule has 1 atom stereocenters. The van der Waals surface area contributed by atoms with Gasteiger partial charge in [0.25, 0.3) is 0 Å². The summed E-state index contributed by atoms with van der Waals surface area (Å²) >= 11 is 0. The molecule has 2 heterocycles. The van der Waals surface area contributed by atoms with Crippen LogP contribution in [-0.4, -0.2) is 31.2 Å². The molecule has 2 aromatic rings. The van der Waals surface area contributed by atoms with Gasteiger partial charge >= 0.3 is 6.18 Å². The highest BCUT2D eigenvalue weighted by Crippen LogP contribution is 2.30. The highest BCUT2D eigenvalue weighted by Gasteiger charge is 2.32. The number of nitrogens with zero attached hydrogens (tertiary/aromatic N) is 1. The summed E-state index contributed by atoms with van der Waals surface area (Å²) in [4.78, 5) is 5.44. The topological polar surface area (TPSA) is 33.9 Å². The molecule has 3 nitrogen and oxygen atoms in total. The molecule has 3 N–H and O–H groups in total. The van der Waals surface area contributed by atoms with Crippen LogP contribution in [0, 0.1) is 0 Å². The van der Waals surface area contributed by atoms with Crippen molar-refractivity contribution in [3.63, 3.8) is 0 Å². The maximum atomic E-state index is 12.8. The van der Waals surface area contributed by atoms with E-state index >= 15 is 0 Å². The van der Waals surface area contributed by atoms with E-state index in [4.69, 9.17) is 0 Å². The molecule has 0 amide bonds. The highest BCUT2D eigenvalue weighted by atomic mass is 19.4. The summed E-state index contributed by atoms with van der Waals surface area (Å²) in [6.45, 7) is 4.07. The fourth-order valence-electron chi connectivity index (χ4n) is 3.22. The number of nitrogens with two attached hydrogens (primary N) is 1. The fraction of sp³-hybridized carbons (Fsp3) is 0.353. The Morgan fingerprint density at radius 2 is 1.48 bits per heavy atom. The fourth-order valence-corrected chi connectivity index (χ4v) is 3.22. The second-order valence-electron chi connectivity index (χ2n) is 5.86. The molecule has 1 aromatic carbocycles. The van der Waals surface area contributed by atoms with E-state index in [1.807, 2.05) is 12.1 Å². The van der Waals surface area contributed by atoms with Crippen molar-refractivity contribution in [3.8, 4) is 0 Å². The quantitative estimate of drug-likeness (QED) is 0.855. The minimum atomic E-state index is -4.29. The van der Waals surface area contributed by atoms with Crippen LogP contribution in [0.1, 0.15) is 22.7 Å². The van der Waals surface area contributed by atoms with Crippen molar-refractivity contribution in [2.24, 2.45) is 0 Å². The summed E-state index contributed by atoms with van der Waals surface area (Å²) < 4.78 is 38.3. The number of benzene rings is 1. The number of quaternary nitrogens is 2. The Hall–Kier alpha value is -1.92. The molecule has 122 valence electrons. The summed E-state index contributed by atoms with van der Waals surface area (Å²) in [5.41, 5.74) is 1.41. The number of nitrogens with one attached hydrogen (secondary N) is 1. The SMILES string of the molecule is FC(F)(F)c1ccc([C@H](c2ccncc2)[NH+]2CC[NH2+]CC2)cc1. The first-order chi connectivity index (χ1) is 11.1. The van der Waals surface area contributed by atoms with Gasteiger partial charge in [-0.1, -0.05) is 12.1 Å². The summed E-state index contributed by atoms with van der Waals surface area (Å²) in [5, 5.41) is 2.28. The molecule has 1 saturated heterocycles. The summed E-state index contributed by atoms with van der Waals surface area (Å²) in [5.74, 6) is 0. The number of hydrogen-bond donors (Lipinski definition) is 2. The average molecular weight is 323 g/mol. The highest BCUT2D eigenvalue weighted by molar-refractivity contribution is 5.31. The Bertz CT molecular complexity index is 620. The molecule has 1 aliphatic heterocycles. The minimum Gasteiger partial charge on any atom is -0.337 e. The van der Waals surface area contributed by atoms with Gasteiger partial charge in [-0.2, -0.15) is 13.2 Å². The third-order valence-corrected chi connectivity index (χ3v) is 4.36. The molecule has 0 unspecified atom stereocenters. The number of rotatable bonds is 3. The van der Waals surface area contributed by atoms with Crippen LogP contribution >= 0.6 is 0 Å². The predicted molar refractivity (Wildman–Crippen MR) is 79.9 cm³/mol. The number of aromatic nitrogens is 1. The van der Waals surface area contributed by atoms with Crippen molar-refractivity contribution in [1.29, 1.82) is 0 Å². The Kier molecular flexibility index (Phi) is 4.63. The number of hydrogen-bond acceptors (Lipinski definition) is 1. The van der Waals surface area contributed by atoms with Crippen LogP contribution in [0.15, 0.2) is 48.8 Å². The van der Waals surface area contributed by atoms with Crippen LogP contribution in [0.4, 0.5) is 13.2 Å². The van der Waals surface area contributed by atoms with E-state index in [2.05, 4.69) is 10.3 Å². The third-order valence-electron chi connectivity index (χ3n) is 4.36. The van der Waals surface area contributed by atoms with E-state index in [9.17, 15) is 13.2 Å². The Morgan fingerprint density at radius 3 is 2.04 bits per heavy atom. The monoisotopic (exact) mass is 323 g/mol. The molecular formula is C17H20F3N3+2. The van der Waals surface area contributed by atoms with Crippen molar-refractivity contribution in [2.45, 2.75) is 12.2 Å². The molecule has 0 bridgehead atoms. The zero-order valence-electron chi connectivity index (χ0n) is 12.7. The first-order valence-electron chi connectivity index (χ1n) is 7.79. The standard InChI is InChI=1S/C17H18F3N3/c18-17(19,20)15-3-1-13(2-4-15)16(14-5-7-21-8-6-14)23-11-9-22-10-12-23/h1-8,16,22H,9-12H2/p+2/t16-/m1/s1. The molecule has 0 saturated carbocycles. The van der Waals surface area contributed by atoms with Gasteiger partial charge in [-0.15, -0.1) is 0 Å². The first-order valence-corrected chi connectivity index (χ1v) is 7.79. The molecule has 6 heteroatoms. The lowest BCUT2D eigenvalue weighted by Crippen LogP contribution is -3.20. The van der Waals surface area contributed by atoms with Crippen LogP contribution in [-0.2, 0) is 6.18 Å². The Morgan fingerprint density at radius 1 is 0.913 bits per heavy atom. The summed E-state index contributed by atoms with van der Waals surface area (Å²) in [6.07, 6.45) is -0.818. The molecule has 1 fully saturated rings. The minimum absolute atomic E-state index is 0.0500. The van der Waals surface area contributed by atoms with Crippen molar-refractivity contribution >= 4 is 0 Å². The molecule has 1 aliphatic rings.